The summed E-state index contributed by atoms with van der Waals surface area (Å²) in [6.07, 6.45) is 6.97. The van der Waals surface area contributed by atoms with E-state index < -0.39 is 0 Å². The number of anilines is 2. The Hall–Kier alpha value is -2.62. The first-order valence-electron chi connectivity index (χ1n) is 6.54. The van der Waals surface area contributed by atoms with Gasteiger partial charge < -0.3 is 10.6 Å². The Bertz CT molecular complexity index is 634. The van der Waals surface area contributed by atoms with Gasteiger partial charge in [-0.25, -0.2) is 9.97 Å². The molecule has 0 aliphatic carbocycles. The van der Waals surface area contributed by atoms with E-state index in [1.165, 1.54) is 0 Å². The van der Waals surface area contributed by atoms with Gasteiger partial charge >= 0.3 is 0 Å². The van der Waals surface area contributed by atoms with Gasteiger partial charge in [-0.2, -0.15) is 10.4 Å². The molecule has 7 nitrogen and oxygen atoms in total. The first-order valence-corrected chi connectivity index (χ1v) is 6.54. The zero-order valence-electron chi connectivity index (χ0n) is 11.0. The van der Waals surface area contributed by atoms with Crippen molar-refractivity contribution >= 4 is 11.6 Å². The van der Waals surface area contributed by atoms with Gasteiger partial charge in [0.2, 0.25) is 0 Å². The Balaban J connectivity index is 1.71. The number of nitrogen functional groups attached to an aromatic ring is 1. The predicted octanol–water partition coefficient (Wildman–Crippen LogP) is 0.968. The Morgan fingerprint density at radius 2 is 2.00 bits per heavy atom. The number of hydrogen-bond acceptors (Lipinski definition) is 6. The van der Waals surface area contributed by atoms with Gasteiger partial charge in [0, 0.05) is 31.7 Å². The van der Waals surface area contributed by atoms with Gasteiger partial charge in [0.1, 0.15) is 11.9 Å². The Labute approximate surface area is 116 Å². The minimum atomic E-state index is 0.353. The van der Waals surface area contributed by atoms with Crippen molar-refractivity contribution in [2.75, 3.05) is 23.7 Å². The molecule has 2 aromatic rings. The molecule has 0 bridgehead atoms. The van der Waals surface area contributed by atoms with Crippen LogP contribution < -0.4 is 10.6 Å². The molecule has 0 atom stereocenters. The molecule has 1 aliphatic rings. The van der Waals surface area contributed by atoms with Crippen LogP contribution in [0.4, 0.5) is 11.6 Å². The van der Waals surface area contributed by atoms with Crippen LogP contribution >= 0.6 is 0 Å². The molecule has 0 unspecified atom stereocenters. The smallest absolute Gasteiger partial charge is 0.183 e. The first kappa shape index (κ1) is 12.4. The van der Waals surface area contributed by atoms with Crippen LogP contribution in [0.15, 0.2) is 24.7 Å². The molecule has 20 heavy (non-hydrogen) atoms. The van der Waals surface area contributed by atoms with E-state index in [0.29, 0.717) is 23.4 Å². The normalized spacial score (nSPS) is 16.1. The van der Waals surface area contributed by atoms with Crippen molar-refractivity contribution in [2.45, 2.75) is 18.9 Å². The second kappa shape index (κ2) is 5.17. The van der Waals surface area contributed by atoms with Gasteiger partial charge in [-0.15, -0.1) is 0 Å². The summed E-state index contributed by atoms with van der Waals surface area (Å²) >= 11 is 0. The van der Waals surface area contributed by atoms with Gasteiger partial charge in [-0.1, -0.05) is 0 Å². The highest BCUT2D eigenvalue weighted by Gasteiger charge is 2.23. The van der Waals surface area contributed by atoms with E-state index in [9.17, 15) is 0 Å². The largest absolute Gasteiger partial charge is 0.382 e. The number of nitriles is 1. The van der Waals surface area contributed by atoms with Crippen molar-refractivity contribution in [3.8, 4) is 6.07 Å². The minimum absolute atomic E-state index is 0.353. The maximum absolute atomic E-state index is 9.07. The van der Waals surface area contributed by atoms with E-state index >= 15 is 0 Å². The molecule has 0 saturated carbocycles. The van der Waals surface area contributed by atoms with Crippen LogP contribution in [0.25, 0.3) is 0 Å². The number of nitrogens with two attached hydrogens (primary N) is 1. The molecule has 2 aromatic heterocycles. The molecular formula is C13H15N7. The van der Waals surface area contributed by atoms with Crippen LogP contribution in [0.5, 0.6) is 0 Å². The highest BCUT2D eigenvalue weighted by molar-refractivity contribution is 5.49. The van der Waals surface area contributed by atoms with E-state index in [-0.39, 0.29) is 0 Å². The monoisotopic (exact) mass is 269 g/mol. The van der Waals surface area contributed by atoms with Crippen molar-refractivity contribution in [2.24, 2.45) is 0 Å². The zero-order valence-corrected chi connectivity index (χ0v) is 11.0. The van der Waals surface area contributed by atoms with Crippen molar-refractivity contribution < 1.29 is 0 Å². The summed E-state index contributed by atoms with van der Waals surface area (Å²) in [5, 5.41) is 13.3. The summed E-state index contributed by atoms with van der Waals surface area (Å²) in [5.74, 6) is 1.22. The van der Waals surface area contributed by atoms with Crippen LogP contribution in [0, 0.1) is 11.3 Å². The fourth-order valence-corrected chi connectivity index (χ4v) is 2.54. The first-order chi connectivity index (χ1) is 9.78. The fraction of sp³-hybridized carbons (Fsp3) is 0.385. The van der Waals surface area contributed by atoms with Gasteiger partial charge in [0.05, 0.1) is 6.04 Å². The molecule has 0 aromatic carbocycles. The Morgan fingerprint density at radius 1 is 1.25 bits per heavy atom. The van der Waals surface area contributed by atoms with Crippen LogP contribution in [-0.4, -0.2) is 32.8 Å². The van der Waals surface area contributed by atoms with Crippen LogP contribution in [0.1, 0.15) is 24.6 Å². The van der Waals surface area contributed by atoms with Crippen molar-refractivity contribution in [3.05, 3.63) is 30.4 Å². The van der Waals surface area contributed by atoms with E-state index in [1.54, 1.807) is 12.4 Å². The topological polar surface area (TPSA) is 96.7 Å². The second-order valence-corrected chi connectivity index (χ2v) is 4.78. The molecule has 1 aliphatic heterocycles. The SMILES string of the molecule is N#Cc1nccnc1N1CCC(n2ccc(N)n2)CC1. The van der Waals surface area contributed by atoms with E-state index in [4.69, 9.17) is 11.0 Å². The molecule has 0 amide bonds. The van der Waals surface area contributed by atoms with E-state index in [0.717, 1.165) is 25.9 Å². The molecule has 7 heteroatoms. The van der Waals surface area contributed by atoms with E-state index in [2.05, 4.69) is 26.0 Å². The summed E-state index contributed by atoms with van der Waals surface area (Å²) in [7, 11) is 0. The Morgan fingerprint density at radius 3 is 2.65 bits per heavy atom. The third-order valence-corrected chi connectivity index (χ3v) is 3.55. The van der Waals surface area contributed by atoms with Crippen molar-refractivity contribution in [1.29, 1.82) is 5.26 Å². The zero-order chi connectivity index (χ0) is 13.9. The van der Waals surface area contributed by atoms with Crippen LogP contribution in [-0.2, 0) is 0 Å². The standard InChI is InChI=1S/C13H15N7/c14-9-11-13(17-5-4-16-11)19-6-1-10(2-7-19)20-8-3-12(15)18-20/h3-5,8,10H,1-2,6-7H2,(H2,15,18). The lowest BCUT2D eigenvalue weighted by Gasteiger charge is -2.32. The van der Waals surface area contributed by atoms with Crippen LogP contribution in [0.2, 0.25) is 0 Å². The summed E-state index contributed by atoms with van der Waals surface area (Å²) in [6.45, 7) is 1.66. The second-order valence-electron chi connectivity index (χ2n) is 4.78. The molecule has 1 saturated heterocycles. The lowest BCUT2D eigenvalue weighted by Crippen LogP contribution is -2.36. The molecule has 0 spiro atoms. The molecule has 0 radical (unpaired) electrons. The number of piperidine rings is 1. The van der Waals surface area contributed by atoms with Crippen LogP contribution in [0.3, 0.4) is 0 Å². The predicted molar refractivity (Wildman–Crippen MR) is 73.9 cm³/mol. The average Bonchev–Trinajstić information content (AvgIpc) is 2.94. The minimum Gasteiger partial charge on any atom is -0.382 e. The highest BCUT2D eigenvalue weighted by Crippen LogP contribution is 2.26. The quantitative estimate of drug-likeness (QED) is 0.872. The summed E-state index contributed by atoms with van der Waals surface area (Å²) in [4.78, 5) is 10.4. The lowest BCUT2D eigenvalue weighted by molar-refractivity contribution is 0.366. The molecule has 3 heterocycles. The molecular weight excluding hydrogens is 254 g/mol. The molecule has 3 rings (SSSR count). The third kappa shape index (κ3) is 2.28. The number of hydrogen-bond donors (Lipinski definition) is 1. The van der Waals surface area contributed by atoms with Gasteiger partial charge in [-0.05, 0) is 18.9 Å². The number of nitrogens with zero attached hydrogens (tertiary/aromatic N) is 6. The van der Waals surface area contributed by atoms with Gasteiger partial charge in [0.15, 0.2) is 11.5 Å². The lowest BCUT2D eigenvalue weighted by atomic mass is 10.1. The van der Waals surface area contributed by atoms with E-state index in [1.807, 2.05) is 16.9 Å². The van der Waals surface area contributed by atoms with Crippen molar-refractivity contribution in [1.82, 2.24) is 19.7 Å². The maximum atomic E-state index is 9.07. The van der Waals surface area contributed by atoms with Gasteiger partial charge in [0.25, 0.3) is 0 Å². The maximum Gasteiger partial charge on any atom is 0.183 e. The Kier molecular flexibility index (Phi) is 3.21. The molecule has 102 valence electrons. The number of rotatable bonds is 2. The fourth-order valence-electron chi connectivity index (χ4n) is 2.54. The van der Waals surface area contributed by atoms with Crippen molar-refractivity contribution in [3.63, 3.8) is 0 Å². The highest BCUT2D eigenvalue weighted by atomic mass is 15.3. The summed E-state index contributed by atoms with van der Waals surface area (Å²) < 4.78 is 1.93. The average molecular weight is 269 g/mol. The molecule has 2 N–H and O–H groups in total. The summed E-state index contributed by atoms with van der Waals surface area (Å²) in [5.41, 5.74) is 6.03. The number of aromatic nitrogens is 4. The van der Waals surface area contributed by atoms with Gasteiger partial charge in [-0.3, -0.25) is 4.68 Å². The summed E-state index contributed by atoms with van der Waals surface area (Å²) in [6, 6.07) is 4.25. The molecule has 1 fully saturated rings. The third-order valence-electron chi connectivity index (χ3n) is 3.55.